The maximum atomic E-state index is 12.2. The van der Waals surface area contributed by atoms with E-state index in [0.29, 0.717) is 19.3 Å². The standard InChI is InChI=1S/C47H80O5/c1-3-5-7-9-11-13-15-17-19-21-22-23-24-26-28-30-32-34-36-38-40-42-47(50)52-45(43-48)44-51-46(49)41-39-37-35-33-31-29-27-25-20-18-16-14-12-10-8-6-4-2/h6,8,12,14,17-20,27,29,33,35,45,48H,3-5,7,9-11,13,15-16,21-26,28,30-32,34,36-44H2,1-2H3/b8-6-,14-12-,19-17-,20-18-,29-27-,35-33-/t45-/m0/s1. The summed E-state index contributed by atoms with van der Waals surface area (Å²) >= 11 is 0. The van der Waals surface area contributed by atoms with E-state index in [9.17, 15) is 14.7 Å². The molecule has 0 unspecified atom stereocenters. The van der Waals surface area contributed by atoms with Crippen LogP contribution in [0.25, 0.3) is 0 Å². The third-order valence-corrected chi connectivity index (χ3v) is 8.98. The Hall–Kier alpha value is -2.66. The van der Waals surface area contributed by atoms with E-state index in [2.05, 4.69) is 86.8 Å². The highest BCUT2D eigenvalue weighted by molar-refractivity contribution is 5.70. The number of aliphatic hydroxyl groups is 1. The van der Waals surface area contributed by atoms with Crippen molar-refractivity contribution in [3.05, 3.63) is 72.9 Å². The molecule has 0 rings (SSSR count). The topological polar surface area (TPSA) is 72.8 Å². The third kappa shape index (κ3) is 40.1. The van der Waals surface area contributed by atoms with Gasteiger partial charge in [-0.25, -0.2) is 0 Å². The van der Waals surface area contributed by atoms with Gasteiger partial charge >= 0.3 is 11.9 Å². The van der Waals surface area contributed by atoms with Gasteiger partial charge in [0, 0.05) is 12.8 Å². The zero-order valence-electron chi connectivity index (χ0n) is 33.8. The Morgan fingerprint density at radius 2 is 0.846 bits per heavy atom. The minimum atomic E-state index is -0.797. The number of rotatable bonds is 38. The number of aliphatic hydroxyl groups excluding tert-OH is 1. The van der Waals surface area contributed by atoms with Gasteiger partial charge in [0.25, 0.3) is 0 Å². The van der Waals surface area contributed by atoms with Crippen molar-refractivity contribution >= 4 is 11.9 Å². The molecule has 5 nitrogen and oxygen atoms in total. The largest absolute Gasteiger partial charge is 0.462 e. The molecule has 1 N–H and O–H groups in total. The van der Waals surface area contributed by atoms with Crippen LogP contribution in [0.1, 0.15) is 194 Å². The summed E-state index contributed by atoms with van der Waals surface area (Å²) in [7, 11) is 0. The molecule has 0 heterocycles. The summed E-state index contributed by atoms with van der Waals surface area (Å²) in [6.07, 6.45) is 56.9. The van der Waals surface area contributed by atoms with Crippen LogP contribution in [-0.2, 0) is 19.1 Å². The molecule has 0 saturated carbocycles. The molecule has 0 bridgehead atoms. The summed E-state index contributed by atoms with van der Waals surface area (Å²) < 4.78 is 10.6. The van der Waals surface area contributed by atoms with E-state index in [1.165, 1.54) is 103 Å². The van der Waals surface area contributed by atoms with Crippen LogP contribution in [0.15, 0.2) is 72.9 Å². The van der Waals surface area contributed by atoms with Gasteiger partial charge in [-0.15, -0.1) is 0 Å². The third-order valence-electron chi connectivity index (χ3n) is 8.98. The highest BCUT2D eigenvalue weighted by Gasteiger charge is 2.16. The summed E-state index contributed by atoms with van der Waals surface area (Å²) in [6.45, 7) is 3.97. The zero-order valence-corrected chi connectivity index (χ0v) is 33.8. The van der Waals surface area contributed by atoms with Gasteiger partial charge in [0.2, 0.25) is 0 Å². The summed E-state index contributed by atoms with van der Waals surface area (Å²) in [4.78, 5) is 24.3. The number of carbonyl (C=O) groups excluding carboxylic acids is 2. The van der Waals surface area contributed by atoms with Gasteiger partial charge in [-0.2, -0.15) is 0 Å². The first-order chi connectivity index (χ1) is 25.6. The first kappa shape index (κ1) is 49.3. The van der Waals surface area contributed by atoms with Crippen molar-refractivity contribution in [2.75, 3.05) is 13.2 Å². The lowest BCUT2D eigenvalue weighted by atomic mass is 10.0. The van der Waals surface area contributed by atoms with Crippen molar-refractivity contribution in [3.8, 4) is 0 Å². The molecule has 5 heteroatoms. The molecule has 1 atom stereocenters. The SMILES string of the molecule is CC/C=C\C/C=C\C/C=C\C/C=C\C/C=C\CCCC(=O)OC[C@H](CO)OC(=O)CCCCCCCCCCCCC/C=C\CCCCCCCC. The van der Waals surface area contributed by atoms with Crippen molar-refractivity contribution in [3.63, 3.8) is 0 Å². The van der Waals surface area contributed by atoms with Gasteiger partial charge in [0.05, 0.1) is 6.61 Å². The summed E-state index contributed by atoms with van der Waals surface area (Å²) in [5.41, 5.74) is 0. The van der Waals surface area contributed by atoms with E-state index in [1.54, 1.807) is 0 Å². The molecule has 0 fully saturated rings. The smallest absolute Gasteiger partial charge is 0.306 e. The van der Waals surface area contributed by atoms with E-state index in [1.807, 2.05) is 0 Å². The van der Waals surface area contributed by atoms with Gasteiger partial charge in [0.15, 0.2) is 6.10 Å². The quantitative estimate of drug-likeness (QED) is 0.0390. The molecular weight excluding hydrogens is 645 g/mol. The van der Waals surface area contributed by atoms with E-state index in [0.717, 1.165) is 57.8 Å². The predicted octanol–water partition coefficient (Wildman–Crippen LogP) is 13.7. The first-order valence-corrected chi connectivity index (χ1v) is 21.5. The molecule has 0 aliphatic carbocycles. The fourth-order valence-corrected chi connectivity index (χ4v) is 5.76. The van der Waals surface area contributed by atoms with Crippen molar-refractivity contribution in [1.82, 2.24) is 0 Å². The molecule has 0 aromatic heterocycles. The molecular formula is C47H80O5. The number of esters is 2. The fraction of sp³-hybridized carbons (Fsp3) is 0.702. The van der Waals surface area contributed by atoms with Crippen molar-refractivity contribution in [2.45, 2.75) is 200 Å². The van der Waals surface area contributed by atoms with Gasteiger partial charge < -0.3 is 14.6 Å². The average molecular weight is 725 g/mol. The van der Waals surface area contributed by atoms with E-state index in [-0.39, 0.29) is 25.2 Å². The van der Waals surface area contributed by atoms with Crippen LogP contribution < -0.4 is 0 Å². The van der Waals surface area contributed by atoms with Crippen LogP contribution in [0.2, 0.25) is 0 Å². The average Bonchev–Trinajstić information content (AvgIpc) is 3.15. The Balaban J connectivity index is 3.62. The highest BCUT2D eigenvalue weighted by Crippen LogP contribution is 2.14. The molecule has 0 spiro atoms. The lowest BCUT2D eigenvalue weighted by molar-refractivity contribution is -0.161. The van der Waals surface area contributed by atoms with Crippen molar-refractivity contribution in [2.24, 2.45) is 0 Å². The number of hydrogen-bond acceptors (Lipinski definition) is 5. The Labute approximate surface area is 321 Å². The van der Waals surface area contributed by atoms with E-state index < -0.39 is 6.10 Å². The molecule has 0 saturated heterocycles. The van der Waals surface area contributed by atoms with E-state index in [4.69, 9.17) is 9.47 Å². The fourth-order valence-electron chi connectivity index (χ4n) is 5.76. The lowest BCUT2D eigenvalue weighted by Crippen LogP contribution is -2.28. The van der Waals surface area contributed by atoms with Crippen LogP contribution in [0.3, 0.4) is 0 Å². The molecule has 0 radical (unpaired) electrons. The van der Waals surface area contributed by atoms with Gasteiger partial charge in [-0.1, -0.05) is 177 Å². The molecule has 0 aromatic rings. The normalized spacial score (nSPS) is 12.9. The van der Waals surface area contributed by atoms with Gasteiger partial charge in [-0.05, 0) is 77.0 Å². The number of ether oxygens (including phenoxy) is 2. The van der Waals surface area contributed by atoms with Crippen molar-refractivity contribution in [1.29, 1.82) is 0 Å². The molecule has 0 aromatic carbocycles. The molecule has 52 heavy (non-hydrogen) atoms. The summed E-state index contributed by atoms with van der Waals surface area (Å²) in [6, 6.07) is 0. The Morgan fingerprint density at radius 1 is 0.462 bits per heavy atom. The van der Waals surface area contributed by atoms with Crippen molar-refractivity contribution < 1.29 is 24.2 Å². The maximum Gasteiger partial charge on any atom is 0.306 e. The summed E-state index contributed by atoms with van der Waals surface area (Å²) in [5.74, 6) is -0.662. The van der Waals surface area contributed by atoms with Crippen LogP contribution in [0, 0.1) is 0 Å². The molecule has 0 amide bonds. The minimum Gasteiger partial charge on any atom is -0.462 e. The monoisotopic (exact) mass is 725 g/mol. The molecule has 298 valence electrons. The van der Waals surface area contributed by atoms with Crippen LogP contribution in [-0.4, -0.2) is 36.4 Å². The highest BCUT2D eigenvalue weighted by atomic mass is 16.6. The van der Waals surface area contributed by atoms with Crippen LogP contribution >= 0.6 is 0 Å². The lowest BCUT2D eigenvalue weighted by Gasteiger charge is -2.15. The molecule has 0 aliphatic heterocycles. The second kappa shape index (κ2) is 42.8. The first-order valence-electron chi connectivity index (χ1n) is 21.5. The van der Waals surface area contributed by atoms with Crippen LogP contribution in [0.5, 0.6) is 0 Å². The molecule has 0 aliphatic rings. The number of carbonyl (C=O) groups is 2. The van der Waals surface area contributed by atoms with Crippen LogP contribution in [0.4, 0.5) is 0 Å². The Morgan fingerprint density at radius 3 is 1.33 bits per heavy atom. The zero-order chi connectivity index (χ0) is 37.8. The van der Waals surface area contributed by atoms with Gasteiger partial charge in [0.1, 0.15) is 6.61 Å². The Kier molecular flexibility index (Phi) is 40.6. The number of allylic oxidation sites excluding steroid dienone is 12. The van der Waals surface area contributed by atoms with E-state index >= 15 is 0 Å². The number of unbranched alkanes of at least 4 members (excludes halogenated alkanes) is 18. The predicted molar refractivity (Wildman–Crippen MR) is 223 cm³/mol. The minimum absolute atomic E-state index is 0.0981. The second-order valence-corrected chi connectivity index (χ2v) is 14.0. The second-order valence-electron chi connectivity index (χ2n) is 14.0. The Bertz CT molecular complexity index is 957. The summed E-state index contributed by atoms with van der Waals surface area (Å²) in [5, 5.41) is 9.57. The van der Waals surface area contributed by atoms with Gasteiger partial charge in [-0.3, -0.25) is 9.59 Å². The maximum absolute atomic E-state index is 12.2. The number of hydrogen-bond donors (Lipinski definition) is 1.